The van der Waals surface area contributed by atoms with Crippen LogP contribution in [-0.4, -0.2) is 71.3 Å². The van der Waals surface area contributed by atoms with E-state index < -0.39 is 56.9 Å². The lowest BCUT2D eigenvalue weighted by atomic mass is 9.90. The molecule has 1 aliphatic carbocycles. The molecule has 3 aromatic carbocycles. The number of likely N-dealkylation sites (N-methyl/N-ethyl adjacent to an activating group) is 1. The third kappa shape index (κ3) is 8.55. The molecule has 55 heavy (non-hydrogen) atoms. The molecule has 0 bridgehead atoms. The zero-order chi connectivity index (χ0) is 40.0. The summed E-state index contributed by atoms with van der Waals surface area (Å²) in [5, 5.41) is 9.46. The van der Waals surface area contributed by atoms with Crippen LogP contribution in [0.3, 0.4) is 0 Å². The number of carbonyl (C=O) groups excluding carboxylic acids is 1. The SMILES string of the molecule is COc1ccc(CN(C2=NN(C)C3C(n4c([C@H](Cc5cc(F)cc(F)c5)NC(=O)OC(C)(C)C)nc5cccc(Br)c5c4=O)=CC=C(Cl)C23)S(C)(=O)=O)cc1. The molecule has 0 radical (unpaired) electrons. The van der Waals surface area contributed by atoms with Gasteiger partial charge in [-0.05, 0) is 96.4 Å². The van der Waals surface area contributed by atoms with Gasteiger partial charge < -0.3 is 14.8 Å². The summed E-state index contributed by atoms with van der Waals surface area (Å²) in [5.74, 6) is -1.84. The van der Waals surface area contributed by atoms with E-state index in [9.17, 15) is 26.8 Å². The number of methoxy groups -OCH3 is 1. The lowest BCUT2D eigenvalue weighted by molar-refractivity contribution is 0.0500. The number of nitrogens with zero attached hydrogens (tertiary/aromatic N) is 5. The van der Waals surface area contributed by atoms with Crippen LogP contribution in [0.25, 0.3) is 16.6 Å². The summed E-state index contributed by atoms with van der Waals surface area (Å²) in [7, 11) is -0.790. The second kappa shape index (κ2) is 15.4. The van der Waals surface area contributed by atoms with Crippen molar-refractivity contribution in [1.82, 2.24) is 24.2 Å². The Bertz CT molecular complexity index is 2410. The van der Waals surface area contributed by atoms with Gasteiger partial charge in [-0.15, -0.1) is 0 Å². The second-order valence-electron chi connectivity index (χ2n) is 14.1. The highest BCUT2D eigenvalue weighted by Crippen LogP contribution is 2.41. The maximum absolute atomic E-state index is 14.9. The maximum atomic E-state index is 14.9. The molecule has 0 spiro atoms. The van der Waals surface area contributed by atoms with Gasteiger partial charge >= 0.3 is 6.09 Å². The minimum Gasteiger partial charge on any atom is -0.497 e. The highest BCUT2D eigenvalue weighted by atomic mass is 79.9. The quantitative estimate of drug-likeness (QED) is 0.192. The number of hydrogen-bond acceptors (Lipinski definition) is 9. The standard InChI is InChI=1S/C38H38BrClF2N6O6S/c1-38(2,3)54-37(50)44-29(18-22-16-23(41)19-24(42)17-22)34-43-28-9-7-8-26(39)31(28)36(49)48(34)30-15-14-27(40)32-33(30)46(4)45-35(32)47(55(6,51)52)20-21-10-12-25(53-5)13-11-21/h7-17,19,29,32-33H,18,20H2,1-6H3,(H,44,50)/t29-,32?,33?/m0/s1. The number of hydrazone groups is 1. The van der Waals surface area contributed by atoms with Gasteiger partial charge in [0, 0.05) is 29.0 Å². The highest BCUT2D eigenvalue weighted by molar-refractivity contribution is 9.10. The van der Waals surface area contributed by atoms with Crippen molar-refractivity contribution < 1.29 is 31.5 Å². The van der Waals surface area contributed by atoms with Crippen molar-refractivity contribution in [2.24, 2.45) is 11.0 Å². The van der Waals surface area contributed by atoms with E-state index in [-0.39, 0.29) is 46.1 Å². The van der Waals surface area contributed by atoms with Gasteiger partial charge in [-0.2, -0.15) is 5.10 Å². The van der Waals surface area contributed by atoms with Gasteiger partial charge in [0.05, 0.1) is 48.5 Å². The highest BCUT2D eigenvalue weighted by Gasteiger charge is 2.47. The Morgan fingerprint density at radius 3 is 2.36 bits per heavy atom. The van der Waals surface area contributed by atoms with Crippen LogP contribution < -0.4 is 15.6 Å². The summed E-state index contributed by atoms with van der Waals surface area (Å²) in [6, 6.07) is 12.8. The van der Waals surface area contributed by atoms with Crippen molar-refractivity contribution in [3.05, 3.63) is 121 Å². The number of sulfonamides is 1. The number of alkyl carbamates (subject to hydrolysis) is 1. The summed E-state index contributed by atoms with van der Waals surface area (Å²) in [6.07, 6.45) is 3.15. The Morgan fingerprint density at radius 1 is 1.07 bits per heavy atom. The summed E-state index contributed by atoms with van der Waals surface area (Å²) in [6.45, 7) is 4.95. The zero-order valence-electron chi connectivity index (χ0n) is 30.7. The number of carbonyl (C=O) groups is 1. The number of aromatic nitrogens is 2. The molecule has 3 atom stereocenters. The van der Waals surface area contributed by atoms with Crippen LogP contribution in [0.1, 0.15) is 43.8 Å². The molecule has 1 amide bonds. The van der Waals surface area contributed by atoms with Crippen molar-refractivity contribution in [1.29, 1.82) is 0 Å². The van der Waals surface area contributed by atoms with Crippen LogP contribution in [0.5, 0.6) is 5.75 Å². The molecule has 2 unspecified atom stereocenters. The van der Waals surface area contributed by atoms with Crippen LogP contribution in [0.4, 0.5) is 13.6 Å². The van der Waals surface area contributed by atoms with Gasteiger partial charge in [0.2, 0.25) is 10.0 Å². The normalized spacial score (nSPS) is 17.6. The number of allylic oxidation sites excluding steroid dienone is 2. The first-order valence-electron chi connectivity index (χ1n) is 17.0. The predicted octanol–water partition coefficient (Wildman–Crippen LogP) is 6.94. The van der Waals surface area contributed by atoms with Gasteiger partial charge in [-0.1, -0.05) is 29.8 Å². The van der Waals surface area contributed by atoms with Crippen LogP contribution >= 0.6 is 27.5 Å². The minimum absolute atomic E-state index is 0.00241. The molecule has 1 N–H and O–H groups in total. The van der Waals surface area contributed by atoms with Crippen molar-refractivity contribution in [2.75, 3.05) is 20.4 Å². The average Bonchev–Trinajstić information content (AvgIpc) is 3.43. The van der Waals surface area contributed by atoms with Crippen LogP contribution in [0.15, 0.2) is 92.2 Å². The van der Waals surface area contributed by atoms with Gasteiger partial charge in [-0.3, -0.25) is 18.7 Å². The second-order valence-corrected chi connectivity index (χ2v) is 17.3. The van der Waals surface area contributed by atoms with E-state index in [0.717, 1.165) is 24.5 Å². The molecule has 1 aliphatic heterocycles. The molecule has 6 rings (SSSR count). The average molecular weight is 860 g/mol. The van der Waals surface area contributed by atoms with E-state index in [1.165, 1.54) is 21.0 Å². The number of fused-ring (bicyclic) bond motifs is 2. The molecular weight excluding hydrogens is 822 g/mol. The number of hydrogen-bond donors (Lipinski definition) is 1. The van der Waals surface area contributed by atoms with E-state index in [0.29, 0.717) is 21.5 Å². The fraction of sp³-hybridized carbons (Fsp3) is 0.316. The Hall–Kier alpha value is -4.80. The third-order valence-corrected chi connectivity index (χ3v) is 11.0. The summed E-state index contributed by atoms with van der Waals surface area (Å²) in [4.78, 5) is 33.1. The Balaban J connectivity index is 1.52. The monoisotopic (exact) mass is 858 g/mol. The van der Waals surface area contributed by atoms with Crippen molar-refractivity contribution in [2.45, 2.75) is 51.4 Å². The van der Waals surface area contributed by atoms with Crippen molar-refractivity contribution in [3.8, 4) is 5.75 Å². The van der Waals surface area contributed by atoms with E-state index in [4.69, 9.17) is 31.2 Å². The first-order valence-corrected chi connectivity index (χ1v) is 20.0. The molecule has 0 fully saturated rings. The Kier molecular flexibility index (Phi) is 11.2. The molecule has 2 heterocycles. The van der Waals surface area contributed by atoms with Crippen molar-refractivity contribution in [3.63, 3.8) is 0 Å². The minimum atomic E-state index is -3.95. The van der Waals surface area contributed by atoms with Crippen LogP contribution in [0, 0.1) is 17.6 Å². The number of halogens is 4. The number of benzene rings is 3. The Morgan fingerprint density at radius 2 is 1.75 bits per heavy atom. The number of amides is 1. The van der Waals surface area contributed by atoms with Crippen molar-refractivity contribution >= 4 is 66.1 Å². The predicted molar refractivity (Wildman–Crippen MR) is 210 cm³/mol. The number of nitrogens with one attached hydrogen (secondary N) is 1. The molecule has 0 saturated heterocycles. The molecule has 17 heteroatoms. The smallest absolute Gasteiger partial charge is 0.408 e. The summed E-state index contributed by atoms with van der Waals surface area (Å²) < 4.78 is 69.6. The molecule has 12 nitrogen and oxygen atoms in total. The topological polar surface area (TPSA) is 135 Å². The third-order valence-electron chi connectivity index (χ3n) is 8.91. The van der Waals surface area contributed by atoms with E-state index in [1.54, 1.807) is 82.4 Å². The lowest BCUT2D eigenvalue weighted by Crippen LogP contribution is -2.45. The maximum Gasteiger partial charge on any atom is 0.408 e. The van der Waals surface area contributed by atoms with Crippen LogP contribution in [-0.2, 0) is 27.7 Å². The number of amidine groups is 1. The zero-order valence-corrected chi connectivity index (χ0v) is 33.8. The van der Waals surface area contributed by atoms with E-state index in [2.05, 4.69) is 21.2 Å². The van der Waals surface area contributed by atoms with Gasteiger partial charge in [0.25, 0.3) is 5.56 Å². The van der Waals surface area contributed by atoms with Gasteiger partial charge in [0.15, 0.2) is 0 Å². The molecule has 290 valence electrons. The molecule has 4 aromatic rings. The fourth-order valence-electron chi connectivity index (χ4n) is 6.63. The molecule has 2 aliphatic rings. The largest absolute Gasteiger partial charge is 0.497 e. The van der Waals surface area contributed by atoms with E-state index >= 15 is 0 Å². The Labute approximate surface area is 330 Å². The van der Waals surface area contributed by atoms with Gasteiger partial charge in [0.1, 0.15) is 40.7 Å². The van der Waals surface area contributed by atoms with Crippen LogP contribution in [0.2, 0.25) is 0 Å². The number of ether oxygens (including phenoxy) is 2. The summed E-state index contributed by atoms with van der Waals surface area (Å²) >= 11 is 10.4. The first-order chi connectivity index (χ1) is 25.8. The number of rotatable bonds is 9. The first kappa shape index (κ1) is 39.9. The summed E-state index contributed by atoms with van der Waals surface area (Å²) in [5.41, 5.74) is -0.0886. The molecular formula is C38H38BrClF2N6O6S. The molecule has 0 saturated carbocycles. The molecule has 1 aromatic heterocycles. The fourth-order valence-corrected chi connectivity index (χ4v) is 8.31. The lowest BCUT2D eigenvalue weighted by Gasteiger charge is -2.34. The van der Waals surface area contributed by atoms with Gasteiger partial charge in [-0.25, -0.2) is 27.0 Å². The van der Waals surface area contributed by atoms with E-state index in [1.807, 2.05) is 0 Å².